The summed E-state index contributed by atoms with van der Waals surface area (Å²) in [7, 11) is 0. The summed E-state index contributed by atoms with van der Waals surface area (Å²) in [5, 5.41) is 0. The zero-order chi connectivity index (χ0) is 15.9. The van der Waals surface area contributed by atoms with Gasteiger partial charge >= 0.3 is 0 Å². The van der Waals surface area contributed by atoms with E-state index in [-0.39, 0.29) is 0 Å². The molecule has 0 radical (unpaired) electrons. The Balaban J connectivity index is 1.60. The van der Waals surface area contributed by atoms with E-state index in [0.29, 0.717) is 6.17 Å². The third-order valence-electron chi connectivity index (χ3n) is 5.24. The minimum absolute atomic E-state index is 0.344. The molecule has 0 aliphatic carbocycles. The molecule has 3 aromatic rings. The van der Waals surface area contributed by atoms with Crippen molar-refractivity contribution in [2.24, 2.45) is 0 Å². The lowest BCUT2D eigenvalue weighted by Crippen LogP contribution is -2.33. The van der Waals surface area contributed by atoms with Gasteiger partial charge in [-0.15, -0.1) is 0 Å². The highest BCUT2D eigenvalue weighted by Crippen LogP contribution is 2.47. The summed E-state index contributed by atoms with van der Waals surface area (Å²) in [5.41, 5.74) is 6.94. The first-order valence-electron chi connectivity index (χ1n) is 8.65. The van der Waals surface area contributed by atoms with Crippen LogP contribution in [0, 0.1) is 0 Å². The number of benzene rings is 3. The number of anilines is 1. The monoisotopic (exact) mass is 312 g/mol. The van der Waals surface area contributed by atoms with E-state index in [4.69, 9.17) is 0 Å². The SMILES string of the molecule is c1ccc(CN2CCN3c4ccccc4-c4ccccc4C23)cc1. The van der Waals surface area contributed by atoms with Crippen LogP contribution in [0.15, 0.2) is 78.9 Å². The molecule has 1 saturated heterocycles. The average Bonchev–Trinajstić information content (AvgIpc) is 3.07. The molecule has 118 valence electrons. The summed E-state index contributed by atoms with van der Waals surface area (Å²) < 4.78 is 0. The van der Waals surface area contributed by atoms with E-state index in [1.54, 1.807) is 0 Å². The quantitative estimate of drug-likeness (QED) is 0.677. The summed E-state index contributed by atoms with van der Waals surface area (Å²) in [4.78, 5) is 5.17. The van der Waals surface area contributed by atoms with Gasteiger partial charge in [-0.2, -0.15) is 0 Å². The van der Waals surface area contributed by atoms with Crippen molar-refractivity contribution >= 4 is 5.69 Å². The van der Waals surface area contributed by atoms with Crippen molar-refractivity contribution in [1.29, 1.82) is 0 Å². The Morgan fingerprint density at radius 3 is 2.29 bits per heavy atom. The zero-order valence-corrected chi connectivity index (χ0v) is 13.6. The molecule has 24 heavy (non-hydrogen) atoms. The van der Waals surface area contributed by atoms with E-state index < -0.39 is 0 Å². The molecule has 3 aromatic carbocycles. The molecule has 0 N–H and O–H groups in total. The van der Waals surface area contributed by atoms with Crippen LogP contribution in [-0.4, -0.2) is 18.0 Å². The van der Waals surface area contributed by atoms with Crippen molar-refractivity contribution in [3.8, 4) is 11.1 Å². The minimum Gasteiger partial charge on any atom is -0.350 e. The van der Waals surface area contributed by atoms with Crippen LogP contribution in [0.1, 0.15) is 17.3 Å². The maximum atomic E-state index is 2.60. The van der Waals surface area contributed by atoms with E-state index in [0.717, 1.165) is 19.6 Å². The van der Waals surface area contributed by atoms with Crippen LogP contribution in [0.25, 0.3) is 11.1 Å². The highest BCUT2D eigenvalue weighted by atomic mass is 15.4. The minimum atomic E-state index is 0.344. The van der Waals surface area contributed by atoms with Crippen molar-refractivity contribution in [3.05, 3.63) is 90.0 Å². The van der Waals surface area contributed by atoms with Crippen molar-refractivity contribution in [2.75, 3.05) is 18.0 Å². The Morgan fingerprint density at radius 2 is 1.42 bits per heavy atom. The van der Waals surface area contributed by atoms with Gasteiger partial charge in [0.25, 0.3) is 0 Å². The molecule has 0 aromatic heterocycles. The van der Waals surface area contributed by atoms with Gasteiger partial charge in [-0.05, 0) is 22.8 Å². The number of rotatable bonds is 2. The first-order chi connectivity index (χ1) is 11.9. The lowest BCUT2D eigenvalue weighted by atomic mass is 9.91. The topological polar surface area (TPSA) is 6.48 Å². The summed E-state index contributed by atoms with van der Waals surface area (Å²) in [6.07, 6.45) is 0.344. The highest BCUT2D eigenvalue weighted by Gasteiger charge is 2.38. The second kappa shape index (κ2) is 5.50. The van der Waals surface area contributed by atoms with E-state index >= 15 is 0 Å². The van der Waals surface area contributed by atoms with Crippen LogP contribution in [0.4, 0.5) is 5.69 Å². The molecular formula is C22H20N2. The molecule has 2 aliphatic heterocycles. The molecule has 2 heteroatoms. The largest absolute Gasteiger partial charge is 0.350 e. The summed E-state index contributed by atoms with van der Waals surface area (Å²) in [6, 6.07) is 28.5. The Hall–Kier alpha value is -2.58. The van der Waals surface area contributed by atoms with Crippen LogP contribution < -0.4 is 4.90 Å². The molecule has 0 spiro atoms. The van der Waals surface area contributed by atoms with Gasteiger partial charge in [0.15, 0.2) is 0 Å². The number of hydrogen-bond donors (Lipinski definition) is 0. The molecular weight excluding hydrogens is 292 g/mol. The predicted octanol–water partition coefficient (Wildman–Crippen LogP) is 4.69. The molecule has 5 rings (SSSR count). The lowest BCUT2D eigenvalue weighted by molar-refractivity contribution is 0.249. The summed E-state index contributed by atoms with van der Waals surface area (Å²) in [6.45, 7) is 3.18. The van der Waals surface area contributed by atoms with Crippen molar-refractivity contribution in [2.45, 2.75) is 12.7 Å². The number of hydrogen-bond acceptors (Lipinski definition) is 2. The predicted molar refractivity (Wildman–Crippen MR) is 98.8 cm³/mol. The van der Waals surface area contributed by atoms with Crippen molar-refractivity contribution < 1.29 is 0 Å². The van der Waals surface area contributed by atoms with Gasteiger partial charge in [-0.1, -0.05) is 72.8 Å². The maximum absolute atomic E-state index is 2.60. The molecule has 2 heterocycles. The molecule has 1 unspecified atom stereocenters. The van der Waals surface area contributed by atoms with Gasteiger partial charge in [0.1, 0.15) is 6.17 Å². The number of para-hydroxylation sites is 1. The summed E-state index contributed by atoms with van der Waals surface area (Å²) in [5.74, 6) is 0. The van der Waals surface area contributed by atoms with E-state index in [1.165, 1.54) is 27.9 Å². The fourth-order valence-electron chi connectivity index (χ4n) is 4.20. The van der Waals surface area contributed by atoms with E-state index in [2.05, 4.69) is 88.7 Å². The first-order valence-corrected chi connectivity index (χ1v) is 8.65. The second-order valence-electron chi connectivity index (χ2n) is 6.63. The molecule has 0 amide bonds. The molecule has 2 aliphatic rings. The van der Waals surface area contributed by atoms with E-state index in [1.807, 2.05) is 0 Å². The number of nitrogens with zero attached hydrogens (tertiary/aromatic N) is 2. The number of fused-ring (bicyclic) bond motifs is 6. The van der Waals surface area contributed by atoms with Crippen LogP contribution in [-0.2, 0) is 6.54 Å². The van der Waals surface area contributed by atoms with Gasteiger partial charge < -0.3 is 4.90 Å². The van der Waals surface area contributed by atoms with Gasteiger partial charge in [-0.3, -0.25) is 4.90 Å². The van der Waals surface area contributed by atoms with Gasteiger partial charge in [0.05, 0.1) is 0 Å². The first kappa shape index (κ1) is 13.8. The van der Waals surface area contributed by atoms with Gasteiger partial charge in [0, 0.05) is 30.9 Å². The Bertz CT molecular complexity index is 872. The van der Waals surface area contributed by atoms with E-state index in [9.17, 15) is 0 Å². The molecule has 0 saturated carbocycles. The standard InChI is InChI=1S/C22H20N2/c1-2-8-17(9-3-1)16-23-14-15-24-21-13-7-6-11-19(21)18-10-4-5-12-20(18)22(23)24/h1-13,22H,14-16H2. The Morgan fingerprint density at radius 1 is 0.708 bits per heavy atom. The molecule has 1 fully saturated rings. The highest BCUT2D eigenvalue weighted by molar-refractivity contribution is 5.84. The van der Waals surface area contributed by atoms with Crippen LogP contribution in [0.2, 0.25) is 0 Å². The smallest absolute Gasteiger partial charge is 0.109 e. The fraction of sp³-hybridized carbons (Fsp3) is 0.182. The maximum Gasteiger partial charge on any atom is 0.109 e. The average molecular weight is 312 g/mol. The third-order valence-corrected chi connectivity index (χ3v) is 5.24. The lowest BCUT2D eigenvalue weighted by Gasteiger charge is -2.38. The Labute approximate surface area is 143 Å². The molecule has 2 nitrogen and oxygen atoms in total. The molecule has 0 bridgehead atoms. The van der Waals surface area contributed by atoms with Crippen LogP contribution in [0.3, 0.4) is 0 Å². The second-order valence-corrected chi connectivity index (χ2v) is 6.63. The van der Waals surface area contributed by atoms with Gasteiger partial charge in [-0.25, -0.2) is 0 Å². The van der Waals surface area contributed by atoms with Crippen LogP contribution in [0.5, 0.6) is 0 Å². The normalized spacial score (nSPS) is 18.8. The Kier molecular flexibility index (Phi) is 3.17. The van der Waals surface area contributed by atoms with Crippen molar-refractivity contribution in [1.82, 2.24) is 4.90 Å². The third kappa shape index (κ3) is 2.07. The fourth-order valence-corrected chi connectivity index (χ4v) is 4.20. The summed E-state index contributed by atoms with van der Waals surface area (Å²) >= 11 is 0. The van der Waals surface area contributed by atoms with Crippen molar-refractivity contribution in [3.63, 3.8) is 0 Å². The van der Waals surface area contributed by atoms with Gasteiger partial charge in [0.2, 0.25) is 0 Å². The van der Waals surface area contributed by atoms with Crippen LogP contribution >= 0.6 is 0 Å². The zero-order valence-electron chi connectivity index (χ0n) is 13.6. The molecule has 1 atom stereocenters.